The van der Waals surface area contributed by atoms with Crippen LogP contribution >= 0.6 is 0 Å². The first-order valence-electron chi connectivity index (χ1n) is 7.61. The molecule has 0 aromatic heterocycles. The Bertz CT molecular complexity index is 531. The number of likely N-dealkylation sites (tertiary alicyclic amines) is 1. The Morgan fingerprint density at radius 1 is 1.27 bits per heavy atom. The SMILES string of the molecule is COc1ccc(F)cc1C1CCN(C(=O)OC(C)(C)C)CC1. The van der Waals surface area contributed by atoms with E-state index in [1.807, 2.05) is 20.8 Å². The number of hydrogen-bond donors (Lipinski definition) is 0. The first-order valence-corrected chi connectivity index (χ1v) is 7.61. The van der Waals surface area contributed by atoms with Crippen LogP contribution in [0.15, 0.2) is 18.2 Å². The van der Waals surface area contributed by atoms with E-state index in [1.165, 1.54) is 12.1 Å². The Hall–Kier alpha value is -1.78. The number of ether oxygens (including phenoxy) is 2. The number of piperidine rings is 1. The summed E-state index contributed by atoms with van der Waals surface area (Å²) in [6, 6.07) is 4.59. The summed E-state index contributed by atoms with van der Waals surface area (Å²) >= 11 is 0. The highest BCUT2D eigenvalue weighted by Gasteiger charge is 2.28. The third-order valence-electron chi connectivity index (χ3n) is 3.78. The molecule has 0 saturated carbocycles. The predicted molar refractivity (Wildman–Crippen MR) is 82.7 cm³/mol. The predicted octanol–water partition coefficient (Wildman–Crippen LogP) is 3.95. The Balaban J connectivity index is 2.00. The van der Waals surface area contributed by atoms with Crippen molar-refractivity contribution in [2.24, 2.45) is 0 Å². The van der Waals surface area contributed by atoms with Gasteiger partial charge in [0.15, 0.2) is 0 Å². The zero-order valence-electron chi connectivity index (χ0n) is 13.7. The fourth-order valence-electron chi connectivity index (χ4n) is 2.72. The van der Waals surface area contributed by atoms with Gasteiger partial charge in [-0.2, -0.15) is 0 Å². The number of nitrogens with zero attached hydrogens (tertiary/aromatic N) is 1. The largest absolute Gasteiger partial charge is 0.496 e. The smallest absolute Gasteiger partial charge is 0.410 e. The lowest BCUT2D eigenvalue weighted by Gasteiger charge is -2.34. The molecule has 22 heavy (non-hydrogen) atoms. The lowest BCUT2D eigenvalue weighted by Crippen LogP contribution is -2.41. The minimum absolute atomic E-state index is 0.198. The highest BCUT2D eigenvalue weighted by Crippen LogP contribution is 2.35. The van der Waals surface area contributed by atoms with Gasteiger partial charge in [0.1, 0.15) is 17.2 Å². The highest BCUT2D eigenvalue weighted by atomic mass is 19.1. The number of carbonyl (C=O) groups is 1. The van der Waals surface area contributed by atoms with Crippen LogP contribution in [0.3, 0.4) is 0 Å². The number of rotatable bonds is 2. The molecule has 0 N–H and O–H groups in total. The van der Waals surface area contributed by atoms with Gasteiger partial charge in [-0.05, 0) is 57.7 Å². The van der Waals surface area contributed by atoms with Crippen molar-refractivity contribution in [1.82, 2.24) is 4.90 Å². The van der Waals surface area contributed by atoms with Gasteiger partial charge in [0.2, 0.25) is 0 Å². The molecule has 1 aliphatic heterocycles. The number of hydrogen-bond acceptors (Lipinski definition) is 3. The summed E-state index contributed by atoms with van der Waals surface area (Å²) in [5.41, 5.74) is 0.394. The second-order valence-corrected chi connectivity index (χ2v) is 6.63. The van der Waals surface area contributed by atoms with Crippen LogP contribution in [0.25, 0.3) is 0 Å². The van der Waals surface area contributed by atoms with Crippen molar-refractivity contribution in [3.63, 3.8) is 0 Å². The van der Waals surface area contributed by atoms with Gasteiger partial charge in [0.25, 0.3) is 0 Å². The van der Waals surface area contributed by atoms with Crippen LogP contribution in [0.1, 0.15) is 45.1 Å². The zero-order valence-corrected chi connectivity index (χ0v) is 13.7. The molecule has 0 unspecified atom stereocenters. The van der Waals surface area contributed by atoms with E-state index in [2.05, 4.69) is 0 Å². The summed E-state index contributed by atoms with van der Waals surface area (Å²) in [5, 5.41) is 0. The molecule has 0 atom stereocenters. The summed E-state index contributed by atoms with van der Waals surface area (Å²) in [4.78, 5) is 13.8. The van der Waals surface area contributed by atoms with Gasteiger partial charge in [-0.25, -0.2) is 9.18 Å². The van der Waals surface area contributed by atoms with Crippen LogP contribution in [0.2, 0.25) is 0 Å². The van der Waals surface area contributed by atoms with Crippen molar-refractivity contribution in [3.05, 3.63) is 29.6 Å². The maximum absolute atomic E-state index is 13.5. The first-order chi connectivity index (χ1) is 10.3. The topological polar surface area (TPSA) is 38.8 Å². The fraction of sp³-hybridized carbons (Fsp3) is 0.588. The van der Waals surface area contributed by atoms with E-state index in [4.69, 9.17) is 9.47 Å². The van der Waals surface area contributed by atoms with Crippen LogP contribution in [-0.2, 0) is 4.74 Å². The van der Waals surface area contributed by atoms with Gasteiger partial charge in [0.05, 0.1) is 7.11 Å². The molecule has 0 bridgehead atoms. The molecular formula is C17H24FNO3. The Morgan fingerprint density at radius 3 is 2.45 bits per heavy atom. The van der Waals surface area contributed by atoms with E-state index in [9.17, 15) is 9.18 Å². The molecule has 0 spiro atoms. The van der Waals surface area contributed by atoms with Crippen molar-refractivity contribution in [1.29, 1.82) is 0 Å². The summed E-state index contributed by atoms with van der Waals surface area (Å²) in [6.07, 6.45) is 1.27. The quantitative estimate of drug-likeness (QED) is 0.830. The number of halogens is 1. The molecule has 5 heteroatoms. The lowest BCUT2D eigenvalue weighted by molar-refractivity contribution is 0.0204. The van der Waals surface area contributed by atoms with Gasteiger partial charge in [0, 0.05) is 18.7 Å². The molecule has 0 aliphatic carbocycles. The zero-order chi connectivity index (χ0) is 16.3. The first kappa shape index (κ1) is 16.6. The second kappa shape index (κ2) is 6.55. The highest BCUT2D eigenvalue weighted by molar-refractivity contribution is 5.68. The molecule has 1 heterocycles. The van der Waals surface area contributed by atoms with Crippen LogP contribution < -0.4 is 4.74 Å². The van der Waals surface area contributed by atoms with Crippen molar-refractivity contribution in [2.75, 3.05) is 20.2 Å². The Morgan fingerprint density at radius 2 is 1.91 bits per heavy atom. The molecule has 1 amide bonds. The Labute approximate surface area is 131 Å². The minimum atomic E-state index is -0.486. The van der Waals surface area contributed by atoms with E-state index in [0.29, 0.717) is 18.8 Å². The van der Waals surface area contributed by atoms with E-state index in [-0.39, 0.29) is 17.8 Å². The minimum Gasteiger partial charge on any atom is -0.496 e. The van der Waals surface area contributed by atoms with E-state index in [0.717, 1.165) is 18.4 Å². The van der Waals surface area contributed by atoms with Crippen molar-refractivity contribution < 1.29 is 18.7 Å². The van der Waals surface area contributed by atoms with Gasteiger partial charge in [-0.15, -0.1) is 0 Å². The van der Waals surface area contributed by atoms with Crippen LogP contribution in [-0.4, -0.2) is 36.8 Å². The van der Waals surface area contributed by atoms with Crippen molar-refractivity contribution in [2.45, 2.75) is 45.1 Å². The standard InChI is InChI=1S/C17H24FNO3/c1-17(2,3)22-16(20)19-9-7-12(8-10-19)14-11-13(18)5-6-15(14)21-4/h5-6,11-12H,7-10H2,1-4H3. The van der Waals surface area contributed by atoms with Gasteiger partial charge in [-0.3, -0.25) is 0 Å². The number of amides is 1. The average molecular weight is 309 g/mol. The normalized spacial score (nSPS) is 16.5. The molecule has 1 aliphatic rings. The summed E-state index contributed by atoms with van der Waals surface area (Å²) in [5.74, 6) is 0.645. The number of methoxy groups -OCH3 is 1. The lowest BCUT2D eigenvalue weighted by atomic mass is 9.89. The molecule has 1 saturated heterocycles. The summed E-state index contributed by atoms with van der Waals surface area (Å²) in [7, 11) is 1.59. The third kappa shape index (κ3) is 4.12. The summed E-state index contributed by atoms with van der Waals surface area (Å²) < 4.78 is 24.2. The van der Waals surface area contributed by atoms with E-state index < -0.39 is 5.60 Å². The number of benzene rings is 1. The molecular weight excluding hydrogens is 285 g/mol. The Kier molecular flexibility index (Phi) is 4.94. The third-order valence-corrected chi connectivity index (χ3v) is 3.78. The maximum atomic E-state index is 13.5. The van der Waals surface area contributed by atoms with E-state index >= 15 is 0 Å². The summed E-state index contributed by atoms with van der Waals surface area (Å²) in [6.45, 7) is 6.79. The molecule has 122 valence electrons. The van der Waals surface area contributed by atoms with Gasteiger partial charge >= 0.3 is 6.09 Å². The molecule has 0 radical (unpaired) electrons. The number of carbonyl (C=O) groups excluding carboxylic acids is 1. The maximum Gasteiger partial charge on any atom is 0.410 e. The van der Waals surface area contributed by atoms with Crippen LogP contribution in [0.4, 0.5) is 9.18 Å². The molecule has 2 rings (SSSR count). The molecule has 1 aromatic rings. The van der Waals surface area contributed by atoms with E-state index in [1.54, 1.807) is 18.1 Å². The van der Waals surface area contributed by atoms with Crippen molar-refractivity contribution >= 4 is 6.09 Å². The average Bonchev–Trinajstić information content (AvgIpc) is 2.45. The molecule has 1 aromatic carbocycles. The van der Waals surface area contributed by atoms with Gasteiger partial charge in [-0.1, -0.05) is 0 Å². The van der Waals surface area contributed by atoms with Crippen LogP contribution in [0.5, 0.6) is 5.75 Å². The van der Waals surface area contributed by atoms with Crippen LogP contribution in [0, 0.1) is 5.82 Å². The second-order valence-electron chi connectivity index (χ2n) is 6.63. The van der Waals surface area contributed by atoms with Crippen molar-refractivity contribution in [3.8, 4) is 5.75 Å². The molecule has 4 nitrogen and oxygen atoms in total. The fourth-order valence-corrected chi connectivity index (χ4v) is 2.72. The molecule has 1 fully saturated rings. The monoisotopic (exact) mass is 309 g/mol. The van der Waals surface area contributed by atoms with Gasteiger partial charge < -0.3 is 14.4 Å².